The second-order valence-corrected chi connectivity index (χ2v) is 6.31. The van der Waals surface area contributed by atoms with Crippen molar-refractivity contribution in [1.29, 1.82) is 0 Å². The lowest BCUT2D eigenvalue weighted by atomic mass is 10.1. The van der Waals surface area contributed by atoms with Gasteiger partial charge in [-0.1, -0.05) is 28.9 Å². The fourth-order valence-electron chi connectivity index (χ4n) is 3.27. The number of likely N-dealkylation sites (tertiary alicyclic amines) is 1. The number of fused-ring (bicyclic) bond motifs is 1. The number of hydrogen-bond acceptors (Lipinski definition) is 3. The van der Waals surface area contributed by atoms with Gasteiger partial charge in [0.05, 0.1) is 0 Å². The molecule has 1 fully saturated rings. The van der Waals surface area contributed by atoms with E-state index in [1.165, 1.54) is 19.4 Å². The Labute approximate surface area is 128 Å². The van der Waals surface area contributed by atoms with Gasteiger partial charge in [0.25, 0.3) is 0 Å². The summed E-state index contributed by atoms with van der Waals surface area (Å²) in [4.78, 5) is 14.6. The standard InChI is InChI=1S/C15H20BrN3O/c1-2-19-8-4-5-10(19)9-17-14-13-11(16)6-3-7-12(13)18-15(14)20/h3,6-7,10,14,17H,2,4-5,8-9H2,1H3,(H,18,20). The molecule has 2 aliphatic rings. The SMILES string of the molecule is CCN1CCCC1CNC1C(=O)Nc2cccc(Br)c21. The van der Waals surface area contributed by atoms with Crippen LogP contribution in [0.2, 0.25) is 0 Å². The number of benzene rings is 1. The summed E-state index contributed by atoms with van der Waals surface area (Å²) in [7, 11) is 0. The third-order valence-electron chi connectivity index (χ3n) is 4.32. The quantitative estimate of drug-likeness (QED) is 0.887. The minimum Gasteiger partial charge on any atom is -0.324 e. The van der Waals surface area contributed by atoms with Crippen LogP contribution in [0.3, 0.4) is 0 Å². The van der Waals surface area contributed by atoms with E-state index in [1.807, 2.05) is 18.2 Å². The molecule has 5 heteroatoms. The lowest BCUT2D eigenvalue weighted by Crippen LogP contribution is -2.40. The largest absolute Gasteiger partial charge is 0.324 e. The van der Waals surface area contributed by atoms with Crippen molar-refractivity contribution < 1.29 is 4.79 Å². The van der Waals surface area contributed by atoms with Crippen molar-refractivity contribution in [2.75, 3.05) is 25.0 Å². The number of likely N-dealkylation sites (N-methyl/N-ethyl adjacent to an activating group) is 1. The summed E-state index contributed by atoms with van der Waals surface area (Å²) < 4.78 is 0.990. The first-order valence-corrected chi connectivity index (χ1v) is 8.06. The number of rotatable bonds is 4. The molecule has 1 saturated heterocycles. The van der Waals surface area contributed by atoms with Gasteiger partial charge in [0.2, 0.25) is 5.91 Å². The van der Waals surface area contributed by atoms with E-state index < -0.39 is 0 Å². The number of anilines is 1. The topological polar surface area (TPSA) is 44.4 Å². The maximum Gasteiger partial charge on any atom is 0.246 e. The Kier molecular flexibility index (Phi) is 4.10. The summed E-state index contributed by atoms with van der Waals surface area (Å²) in [6, 6.07) is 6.20. The van der Waals surface area contributed by atoms with Crippen LogP contribution in [0.1, 0.15) is 31.4 Å². The van der Waals surface area contributed by atoms with Crippen LogP contribution < -0.4 is 10.6 Å². The molecule has 3 rings (SSSR count). The Balaban J connectivity index is 1.71. The molecule has 2 heterocycles. The van der Waals surface area contributed by atoms with E-state index in [9.17, 15) is 4.79 Å². The van der Waals surface area contributed by atoms with Crippen molar-refractivity contribution in [3.05, 3.63) is 28.2 Å². The number of amides is 1. The van der Waals surface area contributed by atoms with Crippen LogP contribution in [-0.4, -0.2) is 36.5 Å². The number of carbonyl (C=O) groups excluding carboxylic acids is 1. The Morgan fingerprint density at radius 2 is 2.35 bits per heavy atom. The lowest BCUT2D eigenvalue weighted by molar-refractivity contribution is -0.117. The van der Waals surface area contributed by atoms with E-state index in [2.05, 4.69) is 38.4 Å². The molecule has 1 amide bonds. The van der Waals surface area contributed by atoms with Crippen molar-refractivity contribution in [1.82, 2.24) is 10.2 Å². The van der Waals surface area contributed by atoms with Gasteiger partial charge in [0, 0.05) is 28.3 Å². The van der Waals surface area contributed by atoms with Crippen LogP contribution >= 0.6 is 15.9 Å². The second kappa shape index (κ2) is 5.84. The Bertz CT molecular complexity index is 520. The molecular weight excluding hydrogens is 318 g/mol. The highest BCUT2D eigenvalue weighted by Gasteiger charge is 2.33. The van der Waals surface area contributed by atoms with Gasteiger partial charge >= 0.3 is 0 Å². The van der Waals surface area contributed by atoms with Gasteiger partial charge in [-0.25, -0.2) is 0 Å². The van der Waals surface area contributed by atoms with Crippen molar-refractivity contribution in [3.63, 3.8) is 0 Å². The van der Waals surface area contributed by atoms with Gasteiger partial charge in [0.15, 0.2) is 0 Å². The normalized spacial score (nSPS) is 25.8. The molecule has 2 N–H and O–H groups in total. The van der Waals surface area contributed by atoms with Gasteiger partial charge in [-0.15, -0.1) is 0 Å². The van der Waals surface area contributed by atoms with E-state index in [-0.39, 0.29) is 11.9 Å². The zero-order valence-corrected chi connectivity index (χ0v) is 13.2. The van der Waals surface area contributed by atoms with Gasteiger partial charge in [0.1, 0.15) is 6.04 Å². The molecule has 0 radical (unpaired) electrons. The van der Waals surface area contributed by atoms with Crippen LogP contribution in [-0.2, 0) is 4.79 Å². The molecule has 0 aromatic heterocycles. The molecule has 2 unspecified atom stereocenters. The van der Waals surface area contributed by atoms with Crippen molar-refractivity contribution in [3.8, 4) is 0 Å². The number of hydrogen-bond donors (Lipinski definition) is 2. The Morgan fingerprint density at radius 3 is 3.15 bits per heavy atom. The summed E-state index contributed by atoms with van der Waals surface area (Å²) in [6.07, 6.45) is 2.48. The highest BCUT2D eigenvalue weighted by molar-refractivity contribution is 9.10. The average molecular weight is 338 g/mol. The van der Waals surface area contributed by atoms with Gasteiger partial charge in [-0.2, -0.15) is 0 Å². The van der Waals surface area contributed by atoms with Crippen molar-refractivity contribution >= 4 is 27.5 Å². The smallest absolute Gasteiger partial charge is 0.246 e. The number of carbonyl (C=O) groups is 1. The molecule has 0 bridgehead atoms. The summed E-state index contributed by atoms with van der Waals surface area (Å²) in [5.41, 5.74) is 1.96. The highest BCUT2D eigenvalue weighted by Crippen LogP contribution is 2.36. The Morgan fingerprint density at radius 1 is 1.50 bits per heavy atom. The second-order valence-electron chi connectivity index (χ2n) is 5.46. The third-order valence-corrected chi connectivity index (χ3v) is 5.02. The minimum absolute atomic E-state index is 0.0490. The average Bonchev–Trinajstić information content (AvgIpc) is 3.00. The van der Waals surface area contributed by atoms with Crippen molar-refractivity contribution in [2.45, 2.75) is 31.8 Å². The number of nitrogens with one attached hydrogen (secondary N) is 2. The lowest BCUT2D eigenvalue weighted by Gasteiger charge is -2.24. The van der Waals surface area contributed by atoms with Crippen LogP contribution in [0.4, 0.5) is 5.69 Å². The highest BCUT2D eigenvalue weighted by atomic mass is 79.9. The maximum atomic E-state index is 12.1. The van der Waals surface area contributed by atoms with E-state index in [0.29, 0.717) is 6.04 Å². The first-order chi connectivity index (χ1) is 9.70. The zero-order chi connectivity index (χ0) is 14.1. The predicted octanol–water partition coefficient (Wildman–Crippen LogP) is 2.52. The summed E-state index contributed by atoms with van der Waals surface area (Å²) in [5.74, 6) is 0.0490. The van der Waals surface area contributed by atoms with Crippen LogP contribution in [0, 0.1) is 0 Å². The van der Waals surface area contributed by atoms with Gasteiger partial charge < -0.3 is 10.6 Å². The number of nitrogens with zero attached hydrogens (tertiary/aromatic N) is 1. The molecule has 0 aliphatic carbocycles. The van der Waals surface area contributed by atoms with Crippen LogP contribution in [0.25, 0.3) is 0 Å². The predicted molar refractivity (Wildman–Crippen MR) is 83.8 cm³/mol. The zero-order valence-electron chi connectivity index (χ0n) is 11.7. The number of halogens is 1. The molecule has 4 nitrogen and oxygen atoms in total. The third kappa shape index (κ3) is 2.50. The summed E-state index contributed by atoms with van der Waals surface area (Å²) in [5, 5.41) is 6.39. The molecule has 1 aromatic rings. The van der Waals surface area contributed by atoms with E-state index >= 15 is 0 Å². The monoisotopic (exact) mass is 337 g/mol. The van der Waals surface area contributed by atoms with E-state index in [4.69, 9.17) is 0 Å². The Hall–Kier alpha value is -0.910. The maximum absolute atomic E-state index is 12.1. The molecule has 2 atom stereocenters. The minimum atomic E-state index is -0.236. The van der Waals surface area contributed by atoms with Crippen LogP contribution in [0.15, 0.2) is 22.7 Å². The van der Waals surface area contributed by atoms with Crippen molar-refractivity contribution in [2.24, 2.45) is 0 Å². The fourth-order valence-corrected chi connectivity index (χ4v) is 3.86. The molecule has 0 saturated carbocycles. The molecule has 1 aromatic carbocycles. The molecule has 0 spiro atoms. The summed E-state index contributed by atoms with van der Waals surface area (Å²) >= 11 is 3.55. The van der Waals surface area contributed by atoms with E-state index in [1.54, 1.807) is 0 Å². The molecule has 2 aliphatic heterocycles. The molecule has 20 heavy (non-hydrogen) atoms. The molecular formula is C15H20BrN3O. The summed E-state index contributed by atoms with van der Waals surface area (Å²) in [6.45, 7) is 5.34. The first-order valence-electron chi connectivity index (χ1n) is 7.27. The van der Waals surface area contributed by atoms with Gasteiger partial charge in [-0.05, 0) is 38.1 Å². The first kappa shape index (κ1) is 14.0. The fraction of sp³-hybridized carbons (Fsp3) is 0.533. The van der Waals surface area contributed by atoms with E-state index in [0.717, 1.165) is 28.8 Å². The van der Waals surface area contributed by atoms with Gasteiger partial charge in [-0.3, -0.25) is 9.69 Å². The molecule has 108 valence electrons. The van der Waals surface area contributed by atoms with Crippen LogP contribution in [0.5, 0.6) is 0 Å².